The molecule has 9 nitrogen and oxygen atoms in total. The van der Waals surface area contributed by atoms with E-state index in [-0.39, 0.29) is 12.1 Å². The molecule has 0 radical (unpaired) electrons. The molecule has 5 heterocycles. The zero-order chi connectivity index (χ0) is 17.7. The summed E-state index contributed by atoms with van der Waals surface area (Å²) in [6, 6.07) is 4.22. The summed E-state index contributed by atoms with van der Waals surface area (Å²) < 4.78 is 1.94. The fraction of sp³-hybridized carbons (Fsp3) is 0.353. The number of urea groups is 1. The minimum Gasteiger partial charge on any atom is -0.352 e. The Morgan fingerprint density at radius 1 is 1.12 bits per heavy atom. The van der Waals surface area contributed by atoms with Gasteiger partial charge in [-0.25, -0.2) is 14.8 Å². The summed E-state index contributed by atoms with van der Waals surface area (Å²) in [4.78, 5) is 30.9. The van der Waals surface area contributed by atoms with Crippen LogP contribution in [0.15, 0.2) is 36.9 Å². The van der Waals surface area contributed by atoms with Gasteiger partial charge in [0, 0.05) is 51.8 Å². The van der Waals surface area contributed by atoms with E-state index >= 15 is 0 Å². The Hall–Kier alpha value is -3.23. The summed E-state index contributed by atoms with van der Waals surface area (Å²) in [5, 5.41) is 4.46. The molecular formula is C17H18N8O. The highest BCUT2D eigenvalue weighted by Crippen LogP contribution is 2.28. The van der Waals surface area contributed by atoms with Crippen molar-refractivity contribution in [3.8, 4) is 0 Å². The van der Waals surface area contributed by atoms with Crippen LogP contribution in [0.2, 0.25) is 0 Å². The van der Waals surface area contributed by atoms with Gasteiger partial charge in [0.1, 0.15) is 11.3 Å². The molecule has 2 amide bonds. The molecule has 0 unspecified atom stereocenters. The van der Waals surface area contributed by atoms with Crippen LogP contribution in [0, 0.1) is 0 Å². The highest BCUT2D eigenvalue weighted by molar-refractivity contribution is 5.93. The fourth-order valence-corrected chi connectivity index (χ4v) is 3.38. The van der Waals surface area contributed by atoms with Crippen LogP contribution in [0.5, 0.6) is 0 Å². The number of anilines is 2. The van der Waals surface area contributed by atoms with Crippen LogP contribution >= 0.6 is 0 Å². The van der Waals surface area contributed by atoms with Gasteiger partial charge < -0.3 is 9.80 Å². The number of carbonyl (C=O) groups excluding carboxylic acids is 1. The normalized spacial score (nSPS) is 18.0. The maximum Gasteiger partial charge on any atom is 0.324 e. The number of aromatic nitrogens is 5. The van der Waals surface area contributed by atoms with Gasteiger partial charge >= 0.3 is 6.03 Å². The van der Waals surface area contributed by atoms with Gasteiger partial charge in [-0.05, 0) is 12.1 Å². The Morgan fingerprint density at radius 3 is 2.77 bits per heavy atom. The zero-order valence-electron chi connectivity index (χ0n) is 14.4. The Kier molecular flexibility index (Phi) is 3.27. The van der Waals surface area contributed by atoms with Crippen molar-refractivity contribution in [2.24, 2.45) is 0 Å². The minimum absolute atomic E-state index is 0.0289. The molecule has 9 heteroatoms. The molecule has 0 spiro atoms. The number of fused-ring (bicyclic) bond motifs is 1. The van der Waals surface area contributed by atoms with Gasteiger partial charge in [-0.1, -0.05) is 0 Å². The number of amides is 2. The minimum atomic E-state index is 0.0289. The van der Waals surface area contributed by atoms with Crippen molar-refractivity contribution in [3.05, 3.63) is 36.9 Å². The second-order valence-electron chi connectivity index (χ2n) is 6.66. The maximum absolute atomic E-state index is 12.1. The van der Waals surface area contributed by atoms with Crippen LogP contribution in [-0.4, -0.2) is 68.9 Å². The molecule has 0 saturated carbocycles. The van der Waals surface area contributed by atoms with E-state index in [1.165, 1.54) is 0 Å². The Morgan fingerprint density at radius 2 is 1.96 bits per heavy atom. The summed E-state index contributed by atoms with van der Waals surface area (Å²) in [6.45, 7) is 3.11. The summed E-state index contributed by atoms with van der Waals surface area (Å²) in [5.41, 5.74) is 2.31. The SMILES string of the molecule is CN1CCN(c2cnn(C3CN(c4ccc5nccnc5n4)C3)c2)C1=O. The van der Waals surface area contributed by atoms with Crippen LogP contribution in [-0.2, 0) is 0 Å². The summed E-state index contributed by atoms with van der Waals surface area (Å²) in [7, 11) is 1.82. The molecular weight excluding hydrogens is 332 g/mol. The quantitative estimate of drug-likeness (QED) is 0.705. The lowest BCUT2D eigenvalue weighted by Gasteiger charge is -2.40. The van der Waals surface area contributed by atoms with Crippen LogP contribution in [0.4, 0.5) is 16.3 Å². The number of hydrogen-bond donors (Lipinski definition) is 0. The van der Waals surface area contributed by atoms with Crippen molar-refractivity contribution in [1.29, 1.82) is 0 Å². The molecule has 0 N–H and O–H groups in total. The van der Waals surface area contributed by atoms with Gasteiger partial charge in [-0.2, -0.15) is 5.10 Å². The molecule has 3 aromatic rings. The lowest BCUT2D eigenvalue weighted by molar-refractivity contribution is 0.229. The van der Waals surface area contributed by atoms with Crippen molar-refractivity contribution in [3.63, 3.8) is 0 Å². The van der Waals surface area contributed by atoms with Gasteiger partial charge in [0.25, 0.3) is 0 Å². The summed E-state index contributed by atoms with van der Waals surface area (Å²) >= 11 is 0. The van der Waals surface area contributed by atoms with Crippen molar-refractivity contribution < 1.29 is 4.79 Å². The Bertz CT molecular complexity index is 980. The van der Waals surface area contributed by atoms with Gasteiger partial charge in [-0.3, -0.25) is 14.6 Å². The van der Waals surface area contributed by atoms with E-state index in [0.29, 0.717) is 12.2 Å². The lowest BCUT2D eigenvalue weighted by atomic mass is 10.1. The smallest absolute Gasteiger partial charge is 0.324 e. The third-order valence-electron chi connectivity index (χ3n) is 4.99. The lowest BCUT2D eigenvalue weighted by Crippen LogP contribution is -2.48. The third kappa shape index (κ3) is 2.35. The molecule has 2 fully saturated rings. The molecule has 0 aliphatic carbocycles. The second-order valence-corrected chi connectivity index (χ2v) is 6.66. The molecule has 5 rings (SSSR count). The van der Waals surface area contributed by atoms with Gasteiger partial charge in [0.05, 0.1) is 17.9 Å². The van der Waals surface area contributed by atoms with Gasteiger partial charge in [0.15, 0.2) is 5.65 Å². The van der Waals surface area contributed by atoms with Crippen molar-refractivity contribution in [2.45, 2.75) is 6.04 Å². The molecule has 2 aliphatic rings. The molecule has 0 bridgehead atoms. The first-order chi connectivity index (χ1) is 12.7. The van der Waals surface area contributed by atoms with Crippen LogP contribution in [0.25, 0.3) is 11.2 Å². The van der Waals surface area contributed by atoms with E-state index < -0.39 is 0 Å². The highest BCUT2D eigenvalue weighted by Gasteiger charge is 2.32. The third-order valence-corrected chi connectivity index (χ3v) is 4.99. The number of likely N-dealkylation sites (N-methyl/N-ethyl adjacent to an activating group) is 1. The number of rotatable bonds is 3. The maximum atomic E-state index is 12.1. The first kappa shape index (κ1) is 15.1. The molecule has 0 aromatic carbocycles. The average Bonchev–Trinajstić information content (AvgIpc) is 3.21. The number of nitrogens with zero attached hydrogens (tertiary/aromatic N) is 8. The van der Waals surface area contributed by atoms with Gasteiger partial charge in [-0.15, -0.1) is 0 Å². The van der Waals surface area contributed by atoms with Crippen LogP contribution in [0.1, 0.15) is 6.04 Å². The molecule has 2 aliphatic heterocycles. The van der Waals surface area contributed by atoms with E-state index in [9.17, 15) is 4.79 Å². The van der Waals surface area contributed by atoms with Crippen molar-refractivity contribution >= 4 is 28.7 Å². The van der Waals surface area contributed by atoms with E-state index in [4.69, 9.17) is 0 Å². The molecule has 26 heavy (non-hydrogen) atoms. The standard InChI is InChI=1S/C17H18N8O/c1-22-6-7-24(17(22)26)12-8-20-25(11-12)13-9-23(10-13)15-3-2-14-16(21-15)19-5-4-18-14/h2-5,8,11,13H,6-7,9-10H2,1H3. The first-order valence-electron chi connectivity index (χ1n) is 8.58. The van der Waals surface area contributed by atoms with Crippen molar-refractivity contribution in [1.82, 2.24) is 29.6 Å². The fourth-order valence-electron chi connectivity index (χ4n) is 3.38. The van der Waals surface area contributed by atoms with E-state index in [0.717, 1.165) is 36.7 Å². The first-order valence-corrected chi connectivity index (χ1v) is 8.58. The Balaban J connectivity index is 1.28. The number of pyridine rings is 1. The van der Waals surface area contributed by atoms with Crippen LogP contribution < -0.4 is 9.80 Å². The van der Waals surface area contributed by atoms with Crippen molar-refractivity contribution in [2.75, 3.05) is 43.0 Å². The monoisotopic (exact) mass is 350 g/mol. The summed E-state index contributed by atoms with van der Waals surface area (Å²) in [6.07, 6.45) is 7.05. The number of carbonyl (C=O) groups is 1. The summed E-state index contributed by atoms with van der Waals surface area (Å²) in [5.74, 6) is 0.901. The van der Waals surface area contributed by atoms with Gasteiger partial charge in [0.2, 0.25) is 0 Å². The predicted octanol–water partition coefficient (Wildman–Crippen LogP) is 1.15. The van der Waals surface area contributed by atoms with E-state index in [1.54, 1.807) is 28.4 Å². The largest absolute Gasteiger partial charge is 0.352 e. The zero-order valence-corrected chi connectivity index (χ0v) is 14.4. The Labute approximate surface area is 149 Å². The average molecular weight is 350 g/mol. The molecule has 3 aromatic heterocycles. The topological polar surface area (TPSA) is 83.3 Å². The molecule has 0 atom stereocenters. The second kappa shape index (κ2) is 5.65. The van der Waals surface area contributed by atoms with Crippen LogP contribution in [0.3, 0.4) is 0 Å². The number of hydrogen-bond acceptors (Lipinski definition) is 6. The highest BCUT2D eigenvalue weighted by atomic mass is 16.2. The molecule has 132 valence electrons. The van der Waals surface area contributed by atoms with E-state index in [1.807, 2.05) is 30.1 Å². The molecule has 2 saturated heterocycles. The predicted molar refractivity (Wildman–Crippen MR) is 96.2 cm³/mol. The van der Waals surface area contributed by atoms with E-state index in [2.05, 4.69) is 25.0 Å².